The highest BCUT2D eigenvalue weighted by atomic mass is 16.6. The van der Waals surface area contributed by atoms with Crippen molar-refractivity contribution in [3.8, 4) is 0 Å². The van der Waals surface area contributed by atoms with Crippen LogP contribution in [0.1, 0.15) is 131 Å². The van der Waals surface area contributed by atoms with Crippen LogP contribution in [0, 0.1) is 20.8 Å². The number of nitrogens with two attached hydrogens (primary N) is 3. The zero-order valence-electron chi connectivity index (χ0n) is 66.5. The number of ether oxygens (including phenoxy) is 3. The van der Waals surface area contributed by atoms with Crippen molar-refractivity contribution >= 4 is 103 Å². The minimum atomic E-state index is -1.35. The number of para-hydroxylation sites is 3. The number of nitrogens with one attached hydrogen (secondary N) is 6. The SMILES string of the molecule is Cc1[nH]c2ccccc2c1CC(=O)N(C(=O)OCc1ccccc1)[C@H](CCCCN)C(=O)Nc1ccc(C(c2ccc(NC(=O)[C@@H](CCCCN)N(C(=O)Cc3c(C)[nH]c4ccccc34)C(=O)OCc3ccccc3)cc2)c2ccc(NC(=O)[C@@H](CCCCN)N(C(=O)Cc3c(C)[nH]c4ccccc34)C(=O)OCc3ccccc3)cc2)cc1. The van der Waals surface area contributed by atoms with Crippen molar-refractivity contribution in [1.82, 2.24) is 29.7 Å². The molecule has 12 N–H and O–H groups in total. The molecule has 0 aliphatic carbocycles. The van der Waals surface area contributed by atoms with Crippen LogP contribution in [-0.4, -0.2) is 121 Å². The van der Waals surface area contributed by atoms with Gasteiger partial charge in [-0.3, -0.25) is 28.8 Å². The minimum Gasteiger partial charge on any atom is -0.444 e. The molecule has 118 heavy (non-hydrogen) atoms. The van der Waals surface area contributed by atoms with Crippen LogP contribution in [0.2, 0.25) is 0 Å². The van der Waals surface area contributed by atoms with E-state index in [1.165, 1.54) is 0 Å². The Kier molecular flexibility index (Phi) is 29.1. The van der Waals surface area contributed by atoms with Crippen molar-refractivity contribution in [2.45, 2.75) is 142 Å². The number of hydrogen-bond acceptors (Lipinski definition) is 15. The molecule has 12 aromatic rings. The van der Waals surface area contributed by atoms with E-state index in [9.17, 15) is 28.8 Å². The number of benzene rings is 9. The summed E-state index contributed by atoms with van der Waals surface area (Å²) in [6, 6.07) is 66.8. The van der Waals surface area contributed by atoms with Gasteiger partial charge in [0.2, 0.25) is 35.4 Å². The maximum Gasteiger partial charge on any atom is 0.417 e. The molecule has 0 fully saturated rings. The fourth-order valence-corrected chi connectivity index (χ4v) is 15.1. The van der Waals surface area contributed by atoms with E-state index in [-0.39, 0.29) is 58.3 Å². The monoisotopic (exact) mass is 1590 g/mol. The molecule has 3 aromatic heterocycles. The smallest absolute Gasteiger partial charge is 0.417 e. The molecule has 0 saturated carbocycles. The van der Waals surface area contributed by atoms with Crippen molar-refractivity contribution in [3.63, 3.8) is 0 Å². The van der Waals surface area contributed by atoms with Gasteiger partial charge in [0.25, 0.3) is 0 Å². The van der Waals surface area contributed by atoms with Crippen molar-refractivity contribution in [2.24, 2.45) is 17.2 Å². The number of hydrogen-bond donors (Lipinski definition) is 9. The predicted octanol–water partition coefficient (Wildman–Crippen LogP) is 15.8. The summed E-state index contributed by atoms with van der Waals surface area (Å²) >= 11 is 0. The lowest BCUT2D eigenvalue weighted by Gasteiger charge is -2.29. The molecule has 0 spiro atoms. The van der Waals surface area contributed by atoms with E-state index < -0.39 is 77.8 Å². The van der Waals surface area contributed by atoms with Crippen molar-refractivity contribution in [3.05, 3.63) is 304 Å². The third-order valence-corrected chi connectivity index (χ3v) is 21.2. The lowest BCUT2D eigenvalue weighted by Crippen LogP contribution is -2.51. The second-order valence-corrected chi connectivity index (χ2v) is 29.4. The van der Waals surface area contributed by atoms with E-state index in [1.807, 2.05) is 148 Å². The van der Waals surface area contributed by atoms with Gasteiger partial charge in [0.05, 0.1) is 19.3 Å². The van der Waals surface area contributed by atoms with E-state index in [2.05, 4.69) is 30.9 Å². The van der Waals surface area contributed by atoms with Gasteiger partial charge in [-0.25, -0.2) is 29.1 Å². The normalized spacial score (nSPS) is 12.0. The molecule has 24 nitrogen and oxygen atoms in total. The Bertz CT molecular complexity index is 4920. The number of aromatic nitrogens is 3. The Balaban J connectivity index is 0.867. The number of unbranched alkanes of at least 4 members (excludes halogenated alkanes) is 3. The molecule has 9 aromatic carbocycles. The first-order valence-electron chi connectivity index (χ1n) is 40.0. The van der Waals surface area contributed by atoms with Gasteiger partial charge in [-0.2, -0.15) is 0 Å². The van der Waals surface area contributed by atoms with Gasteiger partial charge in [0, 0.05) is 72.8 Å². The largest absolute Gasteiger partial charge is 0.444 e. The van der Waals surface area contributed by atoms with Crippen LogP contribution in [0.15, 0.2) is 237 Å². The average Bonchev–Trinajstić information content (AvgIpc) is 1.61. The van der Waals surface area contributed by atoms with E-state index in [0.29, 0.717) is 125 Å². The molecule has 12 rings (SSSR count). The fraction of sp³-hybridized carbons (Fsp3) is 0.266. The molecule has 608 valence electrons. The molecule has 0 aliphatic heterocycles. The number of imide groups is 3. The van der Waals surface area contributed by atoms with E-state index in [1.54, 1.807) is 109 Å². The van der Waals surface area contributed by atoms with Crippen molar-refractivity contribution in [2.75, 3.05) is 35.6 Å². The number of carbonyl (C=O) groups excluding carboxylic acids is 9. The van der Waals surface area contributed by atoms with Gasteiger partial charge in [0.15, 0.2) is 0 Å². The first-order chi connectivity index (χ1) is 57.4. The zero-order valence-corrected chi connectivity index (χ0v) is 66.5. The van der Waals surface area contributed by atoms with Crippen molar-refractivity contribution in [1.29, 1.82) is 0 Å². The first kappa shape index (κ1) is 84.1. The number of rotatable bonds is 36. The molecule has 0 bridgehead atoms. The van der Waals surface area contributed by atoms with E-state index in [0.717, 1.165) is 64.5 Å². The Hall–Kier alpha value is -13.3. The second-order valence-electron chi connectivity index (χ2n) is 29.4. The lowest BCUT2D eigenvalue weighted by molar-refractivity contribution is -0.136. The summed E-state index contributed by atoms with van der Waals surface area (Å²) in [7, 11) is 0. The molecule has 0 radical (unpaired) electrons. The number of carbonyl (C=O) groups is 9. The maximum atomic E-state index is 15.1. The van der Waals surface area contributed by atoms with Crippen LogP contribution in [0.4, 0.5) is 31.4 Å². The molecular weight excluding hydrogens is 1490 g/mol. The minimum absolute atomic E-state index is 0.0609. The summed E-state index contributed by atoms with van der Waals surface area (Å²) in [4.78, 5) is 147. The third-order valence-electron chi connectivity index (χ3n) is 21.2. The Labute approximate surface area is 685 Å². The molecule has 24 heteroatoms. The molecule has 3 atom stereocenters. The predicted molar refractivity (Wildman–Crippen MR) is 457 cm³/mol. The second kappa shape index (κ2) is 40.8. The maximum absolute atomic E-state index is 15.1. The summed E-state index contributed by atoms with van der Waals surface area (Å²) in [5.41, 5.74) is 29.8. The highest BCUT2D eigenvalue weighted by Gasteiger charge is 2.40. The van der Waals surface area contributed by atoms with Gasteiger partial charge < -0.3 is 62.3 Å². The molecule has 0 aliphatic rings. The molecule has 0 unspecified atom stereocenters. The van der Waals surface area contributed by atoms with Crippen LogP contribution in [0.25, 0.3) is 32.7 Å². The number of aromatic amines is 3. The van der Waals surface area contributed by atoms with Crippen LogP contribution in [0.5, 0.6) is 0 Å². The Morgan fingerprint density at radius 1 is 0.322 bits per heavy atom. The Morgan fingerprint density at radius 3 is 0.822 bits per heavy atom. The van der Waals surface area contributed by atoms with Crippen LogP contribution in [0.3, 0.4) is 0 Å². The topological polar surface area (TPSA) is 353 Å². The summed E-state index contributed by atoms with van der Waals surface area (Å²) in [5, 5.41) is 11.4. The number of H-pyrrole nitrogens is 3. The van der Waals surface area contributed by atoms with Crippen LogP contribution < -0.4 is 33.2 Å². The highest BCUT2D eigenvalue weighted by Crippen LogP contribution is 2.36. The van der Waals surface area contributed by atoms with E-state index >= 15 is 14.4 Å². The quantitative estimate of drug-likeness (QED) is 0.0100. The molecule has 0 saturated heterocycles. The van der Waals surface area contributed by atoms with Crippen LogP contribution in [-0.2, 0) is 82.1 Å². The van der Waals surface area contributed by atoms with E-state index in [4.69, 9.17) is 31.4 Å². The standard InChI is InChI=1S/C94H100N12O12/c1-61-76(73-31-13-16-34-79(73)98-61)55-85(107)104(92(113)116-58-64-25-7-4-8-26-64)82(37-19-22-52-95)89(110)101-70-46-40-67(41-47-70)88(68-42-48-71(49-43-68)102-90(111)83(38-20-23-53-96)105(93(114)117-59-65-27-9-5-10-28-65)86(108)56-77-62(2)99-80-35-17-14-32-74(77)80)69-44-50-72(51-45-69)103-91(112)84(39-21-24-54-97)106(94(115)118-60-66-29-11-6-12-30-66)87(109)57-78-63(3)100-81-36-18-15-33-75(78)81/h4-18,25-36,40-51,82-84,88,98-100H,19-24,37-39,52-60,95-97H2,1-3H3,(H,101,110)(H,102,111)(H,103,112)/t82-,83-,84-/m1/s1. The summed E-state index contributed by atoms with van der Waals surface area (Å²) in [5.74, 6) is -4.52. The summed E-state index contributed by atoms with van der Waals surface area (Å²) < 4.78 is 17.6. The molecule has 3 heterocycles. The molecular formula is C94H100N12O12. The van der Waals surface area contributed by atoms with Gasteiger partial charge in [0.1, 0.15) is 37.9 Å². The fourth-order valence-electron chi connectivity index (χ4n) is 15.1. The number of fused-ring (bicyclic) bond motifs is 3. The van der Waals surface area contributed by atoms with Gasteiger partial charge >= 0.3 is 18.3 Å². The Morgan fingerprint density at radius 2 is 0.568 bits per heavy atom. The lowest BCUT2D eigenvalue weighted by atomic mass is 9.85. The number of amides is 9. The van der Waals surface area contributed by atoms with Crippen molar-refractivity contribution < 1.29 is 57.4 Å². The van der Waals surface area contributed by atoms with Crippen LogP contribution >= 0.6 is 0 Å². The van der Waals surface area contributed by atoms with Gasteiger partial charge in [-0.05, 0) is 203 Å². The summed E-state index contributed by atoms with van der Waals surface area (Å²) in [6.45, 7) is 5.94. The number of nitrogens with zero attached hydrogens (tertiary/aromatic N) is 3. The van der Waals surface area contributed by atoms with Gasteiger partial charge in [-0.15, -0.1) is 0 Å². The number of anilines is 3. The molecule has 9 amide bonds. The highest BCUT2D eigenvalue weighted by molar-refractivity contribution is 6.07. The third kappa shape index (κ3) is 21.2. The summed E-state index contributed by atoms with van der Waals surface area (Å²) in [6.07, 6.45) is -0.852. The average molecular weight is 1590 g/mol. The van der Waals surface area contributed by atoms with Gasteiger partial charge in [-0.1, -0.05) is 182 Å². The zero-order chi connectivity index (χ0) is 83.0. The first-order valence-corrected chi connectivity index (χ1v) is 40.0. The number of aryl methyl sites for hydroxylation is 3.